The van der Waals surface area contributed by atoms with Gasteiger partial charge in [-0.2, -0.15) is 0 Å². The minimum absolute atomic E-state index is 0.0315. The number of hydrogen-bond donors (Lipinski definition) is 1. The molecule has 3 heterocycles. The topological polar surface area (TPSA) is 87.7 Å². The lowest BCUT2D eigenvalue weighted by atomic mass is 9.80. The van der Waals surface area contributed by atoms with Gasteiger partial charge in [-0.1, -0.05) is 11.3 Å². The van der Waals surface area contributed by atoms with E-state index in [1.165, 1.54) is 18.3 Å². The van der Waals surface area contributed by atoms with Gasteiger partial charge in [-0.15, -0.1) is 10.2 Å². The highest BCUT2D eigenvalue weighted by atomic mass is 32.1. The molecule has 9 heteroatoms. The molecule has 1 N–H and O–H groups in total. The quantitative estimate of drug-likeness (QED) is 0.830. The van der Waals surface area contributed by atoms with Crippen LogP contribution in [0.2, 0.25) is 0 Å². The van der Waals surface area contributed by atoms with E-state index in [1.807, 2.05) is 4.90 Å². The molecule has 132 valence electrons. The fourth-order valence-electron chi connectivity index (χ4n) is 3.44. The van der Waals surface area contributed by atoms with Crippen molar-refractivity contribution >= 4 is 28.3 Å². The van der Waals surface area contributed by atoms with Gasteiger partial charge in [0, 0.05) is 38.5 Å². The van der Waals surface area contributed by atoms with E-state index in [9.17, 15) is 9.59 Å². The predicted molar refractivity (Wildman–Crippen MR) is 89.9 cm³/mol. The van der Waals surface area contributed by atoms with E-state index >= 15 is 0 Å². The monoisotopic (exact) mass is 353 g/mol. The summed E-state index contributed by atoms with van der Waals surface area (Å²) in [5, 5.41) is 11.6. The van der Waals surface area contributed by atoms with Crippen molar-refractivity contribution in [1.82, 2.24) is 20.4 Å². The Kier molecular flexibility index (Phi) is 5.30. The van der Waals surface area contributed by atoms with Crippen LogP contribution in [0.15, 0.2) is 5.51 Å². The standard InChI is InChI=1S/C15H23N5O3S/c1-12(21)16-7-13(22)19-4-2-3-15(8-19)9-20(5-6-23-10-15)14-18-17-11-24-14/h11H,2-10H2,1H3,(H,16,21). The fourth-order valence-corrected chi connectivity index (χ4v) is 4.03. The van der Waals surface area contributed by atoms with Crippen molar-refractivity contribution in [3.05, 3.63) is 5.51 Å². The van der Waals surface area contributed by atoms with E-state index in [0.29, 0.717) is 19.8 Å². The maximum atomic E-state index is 12.4. The normalized spacial score (nSPS) is 24.7. The van der Waals surface area contributed by atoms with Crippen LogP contribution in [-0.2, 0) is 14.3 Å². The molecule has 1 aromatic rings. The first-order valence-corrected chi connectivity index (χ1v) is 9.07. The SMILES string of the molecule is CC(=O)NCC(=O)N1CCCC2(COCCN(c3nncs3)C2)C1. The molecule has 2 aliphatic rings. The lowest BCUT2D eigenvalue weighted by molar-refractivity contribution is -0.136. The summed E-state index contributed by atoms with van der Waals surface area (Å²) in [5.74, 6) is -0.216. The average Bonchev–Trinajstić information content (AvgIpc) is 3.03. The molecular weight excluding hydrogens is 330 g/mol. The van der Waals surface area contributed by atoms with Crippen molar-refractivity contribution < 1.29 is 14.3 Å². The number of anilines is 1. The molecular formula is C15H23N5O3S. The molecule has 2 fully saturated rings. The van der Waals surface area contributed by atoms with Gasteiger partial charge in [-0.3, -0.25) is 9.59 Å². The molecule has 0 aliphatic carbocycles. The van der Waals surface area contributed by atoms with Crippen LogP contribution in [0.1, 0.15) is 19.8 Å². The van der Waals surface area contributed by atoms with E-state index in [2.05, 4.69) is 20.4 Å². The second-order valence-corrected chi connectivity index (χ2v) is 7.34. The van der Waals surface area contributed by atoms with Crippen molar-refractivity contribution in [3.63, 3.8) is 0 Å². The summed E-state index contributed by atoms with van der Waals surface area (Å²) in [4.78, 5) is 27.5. The predicted octanol–water partition coefficient (Wildman–Crippen LogP) is 0.120. The number of nitrogens with zero attached hydrogens (tertiary/aromatic N) is 4. The van der Waals surface area contributed by atoms with Gasteiger partial charge < -0.3 is 19.9 Å². The summed E-state index contributed by atoms with van der Waals surface area (Å²) in [6, 6.07) is 0. The average molecular weight is 353 g/mol. The second kappa shape index (κ2) is 7.43. The number of carbonyl (C=O) groups is 2. The lowest BCUT2D eigenvalue weighted by Gasteiger charge is -2.43. The largest absolute Gasteiger partial charge is 0.379 e. The van der Waals surface area contributed by atoms with Crippen LogP contribution in [-0.4, -0.2) is 72.8 Å². The fraction of sp³-hybridized carbons (Fsp3) is 0.733. The van der Waals surface area contributed by atoms with E-state index in [4.69, 9.17) is 4.74 Å². The van der Waals surface area contributed by atoms with Crippen molar-refractivity contribution in [2.75, 3.05) is 50.8 Å². The summed E-state index contributed by atoms with van der Waals surface area (Å²) in [7, 11) is 0. The third-order valence-electron chi connectivity index (χ3n) is 4.56. The van der Waals surface area contributed by atoms with E-state index in [0.717, 1.165) is 37.6 Å². The minimum Gasteiger partial charge on any atom is -0.379 e. The molecule has 8 nitrogen and oxygen atoms in total. The summed E-state index contributed by atoms with van der Waals surface area (Å²) in [6.45, 7) is 5.77. The maximum absolute atomic E-state index is 12.4. The molecule has 1 aromatic heterocycles. The van der Waals surface area contributed by atoms with Crippen LogP contribution in [0.5, 0.6) is 0 Å². The Labute approximate surface area is 145 Å². The Morgan fingerprint density at radius 2 is 2.29 bits per heavy atom. The molecule has 3 rings (SSSR count). The van der Waals surface area contributed by atoms with Crippen molar-refractivity contribution in [1.29, 1.82) is 0 Å². The number of rotatable bonds is 3. The highest BCUT2D eigenvalue weighted by molar-refractivity contribution is 7.13. The number of hydrogen-bond acceptors (Lipinski definition) is 7. The maximum Gasteiger partial charge on any atom is 0.241 e. The first-order valence-electron chi connectivity index (χ1n) is 8.19. The van der Waals surface area contributed by atoms with E-state index in [1.54, 1.807) is 5.51 Å². The van der Waals surface area contributed by atoms with Crippen LogP contribution in [0.4, 0.5) is 5.13 Å². The zero-order valence-corrected chi connectivity index (χ0v) is 14.7. The van der Waals surface area contributed by atoms with Gasteiger partial charge in [0.15, 0.2) is 0 Å². The van der Waals surface area contributed by atoms with Crippen molar-refractivity contribution in [2.24, 2.45) is 5.41 Å². The number of amides is 2. The molecule has 2 aliphatic heterocycles. The van der Waals surface area contributed by atoms with Crippen LogP contribution in [0.25, 0.3) is 0 Å². The molecule has 1 spiro atoms. The number of likely N-dealkylation sites (tertiary alicyclic amines) is 1. The Hall–Kier alpha value is -1.74. The lowest BCUT2D eigenvalue weighted by Crippen LogP contribution is -2.53. The zero-order chi connectivity index (χ0) is 17.0. The summed E-state index contributed by atoms with van der Waals surface area (Å²) in [6.07, 6.45) is 1.96. The Morgan fingerprint density at radius 3 is 3.04 bits per heavy atom. The molecule has 0 bridgehead atoms. The van der Waals surface area contributed by atoms with Gasteiger partial charge in [0.05, 0.1) is 19.8 Å². The van der Waals surface area contributed by atoms with Crippen LogP contribution >= 0.6 is 11.3 Å². The second-order valence-electron chi connectivity index (χ2n) is 6.52. The zero-order valence-electron chi connectivity index (χ0n) is 13.9. The van der Waals surface area contributed by atoms with Gasteiger partial charge >= 0.3 is 0 Å². The molecule has 2 amide bonds. The molecule has 0 aromatic carbocycles. The van der Waals surface area contributed by atoms with Gasteiger partial charge in [0.1, 0.15) is 5.51 Å². The minimum atomic E-state index is -0.185. The smallest absolute Gasteiger partial charge is 0.241 e. The molecule has 24 heavy (non-hydrogen) atoms. The summed E-state index contributed by atoms with van der Waals surface area (Å²) < 4.78 is 5.85. The van der Waals surface area contributed by atoms with Gasteiger partial charge in [0.25, 0.3) is 0 Å². The Balaban J connectivity index is 1.68. The molecule has 1 unspecified atom stereocenters. The van der Waals surface area contributed by atoms with Gasteiger partial charge in [0.2, 0.25) is 16.9 Å². The van der Waals surface area contributed by atoms with Crippen LogP contribution in [0, 0.1) is 5.41 Å². The number of aromatic nitrogens is 2. The third kappa shape index (κ3) is 4.02. The van der Waals surface area contributed by atoms with E-state index < -0.39 is 0 Å². The third-order valence-corrected chi connectivity index (χ3v) is 5.31. The number of piperidine rings is 1. The Bertz CT molecular complexity index is 582. The molecule has 1 atom stereocenters. The van der Waals surface area contributed by atoms with Crippen LogP contribution < -0.4 is 10.2 Å². The first-order chi connectivity index (χ1) is 11.6. The highest BCUT2D eigenvalue weighted by Crippen LogP contribution is 2.34. The number of ether oxygens (including phenoxy) is 1. The summed E-state index contributed by atoms with van der Waals surface area (Å²) in [5.41, 5.74) is 1.64. The first kappa shape index (κ1) is 17.1. The van der Waals surface area contributed by atoms with Crippen molar-refractivity contribution in [3.8, 4) is 0 Å². The highest BCUT2D eigenvalue weighted by Gasteiger charge is 2.40. The van der Waals surface area contributed by atoms with Crippen LogP contribution in [0.3, 0.4) is 0 Å². The number of carbonyl (C=O) groups excluding carboxylic acids is 2. The molecule has 0 radical (unpaired) electrons. The molecule has 2 saturated heterocycles. The van der Waals surface area contributed by atoms with Gasteiger partial charge in [-0.05, 0) is 12.8 Å². The molecule has 0 saturated carbocycles. The van der Waals surface area contributed by atoms with Gasteiger partial charge in [-0.25, -0.2) is 0 Å². The van der Waals surface area contributed by atoms with E-state index in [-0.39, 0.29) is 23.8 Å². The number of nitrogens with one attached hydrogen (secondary N) is 1. The Morgan fingerprint density at radius 1 is 1.42 bits per heavy atom. The summed E-state index contributed by atoms with van der Waals surface area (Å²) >= 11 is 1.52. The van der Waals surface area contributed by atoms with Crippen molar-refractivity contribution in [2.45, 2.75) is 19.8 Å².